The number of hydrogen-bond acceptors (Lipinski definition) is 5. The largest absolute Gasteiger partial charge is 0.391 e. The van der Waals surface area contributed by atoms with Crippen LogP contribution in [0.3, 0.4) is 0 Å². The van der Waals surface area contributed by atoms with Crippen molar-refractivity contribution in [3.8, 4) is 0 Å². The molecule has 6 rings (SSSR count). The highest BCUT2D eigenvalue weighted by molar-refractivity contribution is 5.91. The molecule has 5 heteroatoms. The molecule has 142 valence electrons. The second-order valence-electron chi connectivity index (χ2n) is 9.96. The topological polar surface area (TPSA) is 76.0 Å². The number of ether oxygens (including phenoxy) is 2. The monoisotopic (exact) mass is 360 g/mol. The lowest BCUT2D eigenvalue weighted by Crippen LogP contribution is -2.55. The number of fused-ring (bicyclic) bond motifs is 6. The fourth-order valence-corrected chi connectivity index (χ4v) is 8.40. The van der Waals surface area contributed by atoms with Crippen LogP contribution in [0.2, 0.25) is 0 Å². The zero-order valence-corrected chi connectivity index (χ0v) is 15.3. The van der Waals surface area contributed by atoms with Gasteiger partial charge in [0.15, 0.2) is 17.9 Å². The highest BCUT2D eigenvalue weighted by Gasteiger charge is 2.77. The molecule has 2 N–H and O–H groups in total. The van der Waals surface area contributed by atoms with Crippen LogP contribution < -0.4 is 0 Å². The molecule has 9 atom stereocenters. The summed E-state index contributed by atoms with van der Waals surface area (Å²) in [5.74, 6) is 0.351. The lowest BCUT2D eigenvalue weighted by Gasteiger charge is -2.57. The van der Waals surface area contributed by atoms with Gasteiger partial charge in [-0.25, -0.2) is 0 Å². The van der Waals surface area contributed by atoms with Gasteiger partial charge in [-0.15, -0.1) is 0 Å². The van der Waals surface area contributed by atoms with Gasteiger partial charge in [0.25, 0.3) is 0 Å². The van der Waals surface area contributed by atoms with Crippen LogP contribution in [-0.4, -0.2) is 40.8 Å². The van der Waals surface area contributed by atoms with Gasteiger partial charge in [0, 0.05) is 17.8 Å². The summed E-state index contributed by atoms with van der Waals surface area (Å²) in [4.78, 5) is 12.0. The third-order valence-electron chi connectivity index (χ3n) is 9.30. The molecule has 2 aliphatic heterocycles. The van der Waals surface area contributed by atoms with E-state index in [9.17, 15) is 15.0 Å². The Bertz CT molecular complexity index is 717. The minimum atomic E-state index is -1.43. The average Bonchev–Trinajstić information content (AvgIpc) is 3.21. The van der Waals surface area contributed by atoms with Gasteiger partial charge in [0.1, 0.15) is 0 Å². The Labute approximate surface area is 153 Å². The lowest BCUT2D eigenvalue weighted by atomic mass is 9.46. The predicted molar refractivity (Wildman–Crippen MR) is 91.7 cm³/mol. The highest BCUT2D eigenvalue weighted by atomic mass is 16.8. The zero-order chi connectivity index (χ0) is 17.9. The summed E-state index contributed by atoms with van der Waals surface area (Å²) in [6.45, 7) is 2.01. The molecule has 0 aromatic rings. The fourth-order valence-electron chi connectivity index (χ4n) is 8.40. The molecule has 5 fully saturated rings. The van der Waals surface area contributed by atoms with Crippen LogP contribution in [0.1, 0.15) is 51.9 Å². The number of allylic oxidation sites excluding steroid dienone is 1. The molecule has 5 nitrogen and oxygen atoms in total. The van der Waals surface area contributed by atoms with Crippen molar-refractivity contribution in [1.82, 2.24) is 0 Å². The summed E-state index contributed by atoms with van der Waals surface area (Å²) < 4.78 is 12.5. The second kappa shape index (κ2) is 4.80. The number of carbonyl (C=O) groups excluding carboxylic acids is 1. The molecule has 2 saturated heterocycles. The first-order valence-electron chi connectivity index (χ1n) is 10.3. The van der Waals surface area contributed by atoms with E-state index in [1.807, 2.05) is 6.08 Å². The fraction of sp³-hybridized carbons (Fsp3) is 0.857. The summed E-state index contributed by atoms with van der Waals surface area (Å²) in [5.41, 5.74) is 1.28. The summed E-state index contributed by atoms with van der Waals surface area (Å²) in [6, 6.07) is 0. The van der Waals surface area contributed by atoms with E-state index in [0.29, 0.717) is 24.2 Å². The summed E-state index contributed by atoms with van der Waals surface area (Å²) >= 11 is 0. The van der Waals surface area contributed by atoms with Crippen molar-refractivity contribution in [2.75, 3.05) is 6.61 Å². The average molecular weight is 360 g/mol. The van der Waals surface area contributed by atoms with Gasteiger partial charge < -0.3 is 19.7 Å². The third-order valence-corrected chi connectivity index (χ3v) is 9.30. The number of ketones is 1. The number of rotatable bonds is 1. The normalized spacial score (nSPS) is 59.7. The van der Waals surface area contributed by atoms with E-state index in [1.54, 1.807) is 0 Å². The molecule has 2 bridgehead atoms. The molecule has 0 amide bonds. The molecular formula is C21H28O5. The van der Waals surface area contributed by atoms with E-state index in [2.05, 4.69) is 6.92 Å². The van der Waals surface area contributed by atoms with Crippen LogP contribution >= 0.6 is 0 Å². The quantitative estimate of drug-likeness (QED) is 0.749. The Morgan fingerprint density at radius 1 is 1.27 bits per heavy atom. The number of hydrogen-bond donors (Lipinski definition) is 2. The summed E-state index contributed by atoms with van der Waals surface area (Å²) in [7, 11) is 0. The first-order chi connectivity index (χ1) is 12.4. The lowest BCUT2D eigenvalue weighted by molar-refractivity contribution is -0.281. The van der Waals surface area contributed by atoms with Crippen LogP contribution in [0.5, 0.6) is 0 Å². The van der Waals surface area contributed by atoms with E-state index in [1.165, 1.54) is 5.57 Å². The van der Waals surface area contributed by atoms with Crippen molar-refractivity contribution < 1.29 is 24.5 Å². The third kappa shape index (κ3) is 1.62. The number of aliphatic hydroxyl groups excluding tert-OH is 1. The first kappa shape index (κ1) is 16.2. The van der Waals surface area contributed by atoms with Crippen LogP contribution in [0.15, 0.2) is 11.6 Å². The molecule has 26 heavy (non-hydrogen) atoms. The smallest absolute Gasteiger partial charge is 0.195 e. The van der Waals surface area contributed by atoms with E-state index in [0.717, 1.165) is 38.5 Å². The Morgan fingerprint density at radius 2 is 2.12 bits per heavy atom. The minimum Gasteiger partial charge on any atom is -0.391 e. The number of carbonyl (C=O) groups is 1. The van der Waals surface area contributed by atoms with Gasteiger partial charge in [-0.05, 0) is 67.8 Å². The molecule has 9 unspecified atom stereocenters. The van der Waals surface area contributed by atoms with Gasteiger partial charge in [-0.3, -0.25) is 4.79 Å². The maximum Gasteiger partial charge on any atom is 0.195 e. The molecule has 3 saturated carbocycles. The van der Waals surface area contributed by atoms with Crippen LogP contribution in [0.25, 0.3) is 0 Å². The minimum absolute atomic E-state index is 0.0152. The Balaban J connectivity index is 1.44. The van der Waals surface area contributed by atoms with Crippen molar-refractivity contribution >= 4 is 5.78 Å². The second-order valence-corrected chi connectivity index (χ2v) is 9.96. The van der Waals surface area contributed by atoms with Gasteiger partial charge in [0.05, 0.1) is 12.7 Å². The molecule has 4 aliphatic carbocycles. The van der Waals surface area contributed by atoms with Gasteiger partial charge >= 0.3 is 0 Å². The molecule has 0 radical (unpaired) electrons. The Kier molecular flexibility index (Phi) is 3.00. The zero-order valence-electron chi connectivity index (χ0n) is 15.3. The van der Waals surface area contributed by atoms with Crippen molar-refractivity contribution in [1.29, 1.82) is 0 Å². The summed E-state index contributed by atoms with van der Waals surface area (Å²) in [6.07, 6.45) is 8.36. The molecule has 1 spiro atoms. The van der Waals surface area contributed by atoms with E-state index >= 15 is 0 Å². The molecular weight excluding hydrogens is 332 g/mol. The van der Waals surface area contributed by atoms with Gasteiger partial charge in [0.2, 0.25) is 0 Å². The molecule has 0 aromatic carbocycles. The van der Waals surface area contributed by atoms with Crippen LogP contribution in [0, 0.1) is 34.5 Å². The van der Waals surface area contributed by atoms with Crippen molar-refractivity contribution in [3.05, 3.63) is 11.6 Å². The van der Waals surface area contributed by atoms with Gasteiger partial charge in [-0.2, -0.15) is 0 Å². The highest BCUT2D eigenvalue weighted by Crippen LogP contribution is 2.75. The SMILES string of the molecule is CC12CCC(=O)C=C1CCC1C2C2CC34C(O2)OC(O)(CO)C3CCC14. The van der Waals surface area contributed by atoms with Crippen molar-refractivity contribution in [3.63, 3.8) is 0 Å². The predicted octanol–water partition coefficient (Wildman–Crippen LogP) is 2.16. The first-order valence-corrected chi connectivity index (χ1v) is 10.3. The van der Waals surface area contributed by atoms with Crippen LogP contribution in [-0.2, 0) is 14.3 Å². The van der Waals surface area contributed by atoms with E-state index < -0.39 is 5.79 Å². The standard InChI is InChI=1S/C21H28O5/c1-19-7-6-12(23)8-11(19)2-3-13-14-4-5-16-20(14)9-15(17(13)19)25-18(20)26-21(16,24)10-22/h8,13-18,22,24H,2-7,9-10H2,1H3. The molecule has 2 heterocycles. The van der Waals surface area contributed by atoms with Crippen molar-refractivity contribution in [2.24, 2.45) is 34.5 Å². The van der Waals surface area contributed by atoms with Gasteiger partial charge in [-0.1, -0.05) is 12.5 Å². The van der Waals surface area contributed by atoms with E-state index in [-0.39, 0.29) is 41.5 Å². The molecule has 6 aliphatic rings. The maximum absolute atomic E-state index is 12.0. The number of aliphatic hydroxyl groups is 2. The van der Waals surface area contributed by atoms with E-state index in [4.69, 9.17) is 9.47 Å². The summed E-state index contributed by atoms with van der Waals surface area (Å²) in [5, 5.41) is 20.6. The maximum atomic E-state index is 12.0. The van der Waals surface area contributed by atoms with Crippen molar-refractivity contribution in [2.45, 2.75) is 70.1 Å². The Morgan fingerprint density at radius 3 is 2.92 bits per heavy atom. The van der Waals surface area contributed by atoms with Crippen LogP contribution in [0.4, 0.5) is 0 Å². The molecule has 0 aromatic heterocycles. The Hall–Kier alpha value is -0.750.